The molecule has 0 unspecified atom stereocenters. The fourth-order valence-corrected chi connectivity index (χ4v) is 3.63. The second-order valence-corrected chi connectivity index (χ2v) is 8.07. The molecule has 0 aromatic heterocycles. The largest absolute Gasteiger partial charge is 0.493 e. The van der Waals surface area contributed by atoms with Crippen LogP contribution in [-0.4, -0.2) is 25.2 Å². The van der Waals surface area contributed by atoms with Crippen LogP contribution in [0.5, 0.6) is 11.5 Å². The fraction of sp³-hybridized carbons (Fsp3) is 0.238. The van der Waals surface area contributed by atoms with Crippen LogP contribution in [0.4, 0.5) is 10.5 Å². The summed E-state index contributed by atoms with van der Waals surface area (Å²) >= 11 is 8.05. The summed E-state index contributed by atoms with van der Waals surface area (Å²) in [5, 5.41) is 3.15. The summed E-state index contributed by atoms with van der Waals surface area (Å²) < 4.78 is 12.3. The lowest BCUT2D eigenvalue weighted by molar-refractivity contribution is -0.113. The molecule has 8 heteroatoms. The number of imide groups is 1. The van der Waals surface area contributed by atoms with Gasteiger partial charge in [0.25, 0.3) is 5.91 Å². The molecule has 152 valence electrons. The number of amides is 3. The van der Waals surface area contributed by atoms with Gasteiger partial charge in [0.2, 0.25) is 0 Å². The number of carbonyl (C=O) groups is 2. The van der Waals surface area contributed by atoms with Crippen LogP contribution in [0.2, 0.25) is 5.02 Å². The average molecular weight is 527 g/mol. The quantitative estimate of drug-likeness (QED) is 0.318. The number of nitrogens with one attached hydrogen (secondary N) is 1. The molecule has 3 amide bonds. The molecule has 0 radical (unpaired) electrons. The molecule has 29 heavy (non-hydrogen) atoms. The van der Waals surface area contributed by atoms with Gasteiger partial charge in [0.05, 0.1) is 22.5 Å². The second kappa shape index (κ2) is 9.04. The van der Waals surface area contributed by atoms with Gasteiger partial charge in [0.15, 0.2) is 11.5 Å². The predicted molar refractivity (Wildman–Crippen MR) is 122 cm³/mol. The van der Waals surface area contributed by atoms with E-state index in [4.69, 9.17) is 21.1 Å². The van der Waals surface area contributed by atoms with Crippen LogP contribution in [-0.2, 0) is 4.79 Å². The molecule has 1 aliphatic heterocycles. The first-order valence-corrected chi connectivity index (χ1v) is 10.5. The van der Waals surface area contributed by atoms with Gasteiger partial charge in [-0.3, -0.25) is 4.79 Å². The molecule has 2 aromatic rings. The van der Waals surface area contributed by atoms with Crippen molar-refractivity contribution in [2.75, 3.05) is 12.0 Å². The van der Waals surface area contributed by atoms with Gasteiger partial charge in [0.1, 0.15) is 5.70 Å². The SMILES string of the molecule is CC[C@@H](C)Oc1c(I)cc(/C=C2/NC(=O)N(c3ccc(Cl)cc3)C2=O)cc1OC. The number of anilines is 1. The molecule has 1 aliphatic rings. The van der Waals surface area contributed by atoms with Crippen LogP contribution >= 0.6 is 34.2 Å². The van der Waals surface area contributed by atoms with E-state index in [0.29, 0.717) is 27.8 Å². The minimum Gasteiger partial charge on any atom is -0.493 e. The van der Waals surface area contributed by atoms with Crippen molar-refractivity contribution in [1.82, 2.24) is 5.32 Å². The van der Waals surface area contributed by atoms with Crippen LogP contribution < -0.4 is 19.7 Å². The fourth-order valence-electron chi connectivity index (χ4n) is 2.75. The third-order valence-corrected chi connectivity index (χ3v) is 5.47. The molecule has 6 nitrogen and oxygen atoms in total. The van der Waals surface area contributed by atoms with Crippen molar-refractivity contribution in [1.29, 1.82) is 0 Å². The Bertz CT molecular complexity index is 975. The van der Waals surface area contributed by atoms with E-state index >= 15 is 0 Å². The van der Waals surface area contributed by atoms with Crippen molar-refractivity contribution in [3.63, 3.8) is 0 Å². The molecule has 1 fully saturated rings. The van der Waals surface area contributed by atoms with Crippen molar-refractivity contribution < 1.29 is 19.1 Å². The van der Waals surface area contributed by atoms with Crippen molar-refractivity contribution >= 4 is 57.9 Å². The Morgan fingerprint density at radius 1 is 1.24 bits per heavy atom. The van der Waals surface area contributed by atoms with E-state index in [9.17, 15) is 9.59 Å². The zero-order chi connectivity index (χ0) is 21.1. The molecule has 1 atom stereocenters. The van der Waals surface area contributed by atoms with Gasteiger partial charge in [-0.1, -0.05) is 18.5 Å². The molecule has 0 bridgehead atoms. The number of rotatable bonds is 6. The molecule has 0 spiro atoms. The summed E-state index contributed by atoms with van der Waals surface area (Å²) in [4.78, 5) is 26.2. The minimum atomic E-state index is -0.512. The van der Waals surface area contributed by atoms with Crippen LogP contribution in [0.15, 0.2) is 42.1 Å². The molecule has 0 aliphatic carbocycles. The highest BCUT2D eigenvalue weighted by Crippen LogP contribution is 2.36. The second-order valence-electron chi connectivity index (χ2n) is 6.48. The van der Waals surface area contributed by atoms with Gasteiger partial charge in [-0.15, -0.1) is 0 Å². The Morgan fingerprint density at radius 2 is 1.93 bits per heavy atom. The first kappa shape index (κ1) is 21.4. The van der Waals surface area contributed by atoms with Crippen LogP contribution in [0.25, 0.3) is 6.08 Å². The van der Waals surface area contributed by atoms with Gasteiger partial charge >= 0.3 is 6.03 Å². The van der Waals surface area contributed by atoms with Crippen LogP contribution in [0.1, 0.15) is 25.8 Å². The topological polar surface area (TPSA) is 67.9 Å². The van der Waals surface area contributed by atoms with Crippen molar-refractivity contribution in [2.45, 2.75) is 26.4 Å². The Labute approximate surface area is 188 Å². The number of hydrogen-bond acceptors (Lipinski definition) is 4. The van der Waals surface area contributed by atoms with E-state index in [1.54, 1.807) is 43.5 Å². The van der Waals surface area contributed by atoms with Gasteiger partial charge in [-0.05, 0) is 84.0 Å². The lowest BCUT2D eigenvalue weighted by atomic mass is 10.1. The monoisotopic (exact) mass is 526 g/mol. The Balaban J connectivity index is 1.92. The molecule has 1 saturated heterocycles. The van der Waals surface area contributed by atoms with Crippen molar-refractivity contribution in [3.05, 3.63) is 56.3 Å². The average Bonchev–Trinajstić information content (AvgIpc) is 2.97. The number of halogens is 2. The lowest BCUT2D eigenvalue weighted by Crippen LogP contribution is -2.30. The normalized spacial score (nSPS) is 16.2. The van der Waals surface area contributed by atoms with Crippen LogP contribution in [0, 0.1) is 3.57 Å². The number of ether oxygens (including phenoxy) is 2. The van der Waals surface area contributed by atoms with Crippen molar-refractivity contribution in [2.24, 2.45) is 0 Å². The number of methoxy groups -OCH3 is 1. The molecule has 1 N–H and O–H groups in total. The van der Waals surface area contributed by atoms with Gasteiger partial charge in [-0.25, -0.2) is 9.69 Å². The standard InChI is InChI=1S/C21H20ClIN2O4/c1-4-12(2)29-19-16(23)9-13(11-18(19)28-3)10-17-20(26)25(21(27)24-17)15-7-5-14(22)6-8-15/h5-12H,4H2,1-3H3,(H,24,27)/b17-10+/t12-/m1/s1. The van der Waals surface area contributed by atoms with E-state index in [1.165, 1.54) is 0 Å². The zero-order valence-corrected chi connectivity index (χ0v) is 19.1. The maximum atomic E-state index is 12.8. The number of urea groups is 1. The highest BCUT2D eigenvalue weighted by molar-refractivity contribution is 14.1. The Kier molecular flexibility index (Phi) is 6.69. The highest BCUT2D eigenvalue weighted by Gasteiger charge is 2.34. The summed E-state index contributed by atoms with van der Waals surface area (Å²) in [5.74, 6) is 0.788. The van der Waals surface area contributed by atoms with E-state index < -0.39 is 11.9 Å². The van der Waals surface area contributed by atoms with E-state index in [1.807, 2.05) is 19.9 Å². The van der Waals surface area contributed by atoms with E-state index in [2.05, 4.69) is 27.9 Å². The summed E-state index contributed by atoms with van der Waals surface area (Å²) in [5.41, 5.74) is 1.34. The number of hydrogen-bond donors (Lipinski definition) is 1. The minimum absolute atomic E-state index is 0.0465. The number of nitrogens with zero attached hydrogens (tertiary/aromatic N) is 1. The number of benzene rings is 2. The van der Waals surface area contributed by atoms with E-state index in [0.717, 1.165) is 14.9 Å². The molecular weight excluding hydrogens is 507 g/mol. The predicted octanol–water partition coefficient (Wildman–Crippen LogP) is 5.23. The summed E-state index contributed by atoms with van der Waals surface area (Å²) in [6, 6.07) is 9.63. The summed E-state index contributed by atoms with van der Waals surface area (Å²) in [6.45, 7) is 4.03. The zero-order valence-electron chi connectivity index (χ0n) is 16.2. The molecular formula is C21H20ClIN2O4. The van der Waals surface area contributed by atoms with Gasteiger partial charge in [-0.2, -0.15) is 0 Å². The molecule has 1 heterocycles. The third-order valence-electron chi connectivity index (χ3n) is 4.42. The summed E-state index contributed by atoms with van der Waals surface area (Å²) in [6.07, 6.45) is 2.53. The van der Waals surface area contributed by atoms with Crippen molar-refractivity contribution in [3.8, 4) is 11.5 Å². The van der Waals surface area contributed by atoms with Crippen LogP contribution in [0.3, 0.4) is 0 Å². The first-order valence-electron chi connectivity index (χ1n) is 9.01. The molecule has 0 saturated carbocycles. The first-order chi connectivity index (χ1) is 13.8. The van der Waals surface area contributed by atoms with Gasteiger partial charge < -0.3 is 14.8 Å². The van der Waals surface area contributed by atoms with E-state index in [-0.39, 0.29) is 11.8 Å². The maximum absolute atomic E-state index is 12.8. The lowest BCUT2D eigenvalue weighted by Gasteiger charge is -2.17. The Hall–Kier alpha value is -2.26. The number of carbonyl (C=O) groups excluding carboxylic acids is 2. The van der Waals surface area contributed by atoms with Gasteiger partial charge in [0, 0.05) is 5.02 Å². The third kappa shape index (κ3) is 4.67. The smallest absolute Gasteiger partial charge is 0.333 e. The maximum Gasteiger partial charge on any atom is 0.333 e. The molecule has 3 rings (SSSR count). The highest BCUT2D eigenvalue weighted by atomic mass is 127. The summed E-state index contributed by atoms with van der Waals surface area (Å²) in [7, 11) is 1.57. The molecule has 2 aromatic carbocycles. The Morgan fingerprint density at radius 3 is 2.55 bits per heavy atom.